The van der Waals surface area contributed by atoms with E-state index in [1.54, 1.807) is 36.2 Å². The summed E-state index contributed by atoms with van der Waals surface area (Å²) in [6, 6.07) is 7.02. The fourth-order valence-corrected chi connectivity index (χ4v) is 2.83. The summed E-state index contributed by atoms with van der Waals surface area (Å²) in [5.41, 5.74) is 0.541. The van der Waals surface area contributed by atoms with Crippen LogP contribution in [0.4, 0.5) is 0 Å². The Hall–Kier alpha value is -2.08. The van der Waals surface area contributed by atoms with Crippen LogP contribution in [0, 0.1) is 0 Å². The van der Waals surface area contributed by atoms with E-state index >= 15 is 0 Å². The number of likely N-dealkylation sites (N-methyl/N-ethyl adjacent to an activating group) is 2. The van der Waals surface area contributed by atoms with Crippen LogP contribution in [0.25, 0.3) is 0 Å². The molecule has 1 atom stereocenters. The van der Waals surface area contributed by atoms with Crippen molar-refractivity contribution in [3.8, 4) is 5.75 Å². The third-order valence-electron chi connectivity index (χ3n) is 4.40. The van der Waals surface area contributed by atoms with Crippen LogP contribution >= 0.6 is 0 Å². The van der Waals surface area contributed by atoms with E-state index in [0.29, 0.717) is 31.0 Å². The van der Waals surface area contributed by atoms with Gasteiger partial charge in [0.05, 0.1) is 12.6 Å². The molecule has 0 aliphatic carbocycles. The van der Waals surface area contributed by atoms with Crippen molar-refractivity contribution >= 4 is 11.8 Å². The van der Waals surface area contributed by atoms with Crippen LogP contribution < -0.4 is 4.74 Å². The lowest BCUT2D eigenvalue weighted by Crippen LogP contribution is -2.41. The smallest absolute Gasteiger partial charge is 0.254 e. The van der Waals surface area contributed by atoms with E-state index in [4.69, 9.17) is 9.47 Å². The maximum Gasteiger partial charge on any atom is 0.254 e. The van der Waals surface area contributed by atoms with Gasteiger partial charge in [-0.2, -0.15) is 0 Å². The zero-order valence-corrected chi connectivity index (χ0v) is 15.4. The van der Waals surface area contributed by atoms with Crippen molar-refractivity contribution in [2.45, 2.75) is 32.8 Å². The molecule has 1 heterocycles. The molecule has 138 valence electrons. The van der Waals surface area contributed by atoms with Crippen LogP contribution in [0.3, 0.4) is 0 Å². The molecule has 0 aromatic heterocycles. The summed E-state index contributed by atoms with van der Waals surface area (Å²) in [5.74, 6) is 0.498. The molecule has 2 rings (SSSR count). The molecule has 6 nitrogen and oxygen atoms in total. The van der Waals surface area contributed by atoms with Crippen molar-refractivity contribution < 1.29 is 19.1 Å². The molecule has 0 saturated carbocycles. The van der Waals surface area contributed by atoms with E-state index < -0.39 is 0 Å². The number of carbonyl (C=O) groups is 2. The Bertz CT molecular complexity index is 563. The number of hydrogen-bond acceptors (Lipinski definition) is 4. The molecule has 1 fully saturated rings. The Morgan fingerprint density at radius 1 is 1.20 bits per heavy atom. The highest BCUT2D eigenvalue weighted by Gasteiger charge is 2.18. The highest BCUT2D eigenvalue weighted by Crippen LogP contribution is 2.17. The summed E-state index contributed by atoms with van der Waals surface area (Å²) in [7, 11) is 1.64. The fourth-order valence-electron chi connectivity index (χ4n) is 2.83. The van der Waals surface area contributed by atoms with E-state index in [1.807, 2.05) is 13.8 Å². The van der Waals surface area contributed by atoms with Crippen LogP contribution in [0.5, 0.6) is 5.75 Å². The van der Waals surface area contributed by atoms with Crippen LogP contribution in [-0.2, 0) is 9.53 Å². The molecule has 2 amide bonds. The van der Waals surface area contributed by atoms with Crippen LogP contribution in [0.2, 0.25) is 0 Å². The van der Waals surface area contributed by atoms with Crippen molar-refractivity contribution in [1.82, 2.24) is 9.80 Å². The predicted octanol–water partition coefficient (Wildman–Crippen LogP) is 2.18. The number of benzene rings is 1. The fraction of sp³-hybridized carbons (Fsp3) is 0.579. The average molecular weight is 348 g/mol. The Balaban J connectivity index is 1.87. The van der Waals surface area contributed by atoms with Crippen LogP contribution in [0.1, 0.15) is 37.0 Å². The molecule has 1 aliphatic rings. The quantitative estimate of drug-likeness (QED) is 0.722. The number of rotatable bonds is 8. The van der Waals surface area contributed by atoms with Gasteiger partial charge in [-0.05, 0) is 51.0 Å². The van der Waals surface area contributed by atoms with E-state index in [9.17, 15) is 9.59 Å². The Kier molecular flexibility index (Phi) is 7.25. The first-order chi connectivity index (χ1) is 12.0. The average Bonchev–Trinajstić information content (AvgIpc) is 3.14. The van der Waals surface area contributed by atoms with Gasteiger partial charge in [0.15, 0.2) is 0 Å². The van der Waals surface area contributed by atoms with Gasteiger partial charge in [0.1, 0.15) is 12.4 Å². The molecule has 6 heteroatoms. The van der Waals surface area contributed by atoms with E-state index in [0.717, 1.165) is 19.4 Å². The zero-order valence-electron chi connectivity index (χ0n) is 15.4. The standard InChI is InChI=1S/C19H28N2O4/c1-4-21(5-2)18(22)13-20(3)19(23)15-8-10-16(11-9-15)25-14-17-7-6-12-24-17/h8-11,17H,4-7,12-14H2,1-3H3. The Morgan fingerprint density at radius 3 is 2.44 bits per heavy atom. The lowest BCUT2D eigenvalue weighted by molar-refractivity contribution is -0.131. The van der Waals surface area contributed by atoms with Gasteiger partial charge in [0.2, 0.25) is 5.91 Å². The van der Waals surface area contributed by atoms with Gasteiger partial charge in [0.25, 0.3) is 5.91 Å². The number of hydrogen-bond donors (Lipinski definition) is 0. The molecule has 1 unspecified atom stereocenters. The van der Waals surface area contributed by atoms with Crippen molar-refractivity contribution in [3.63, 3.8) is 0 Å². The molecule has 1 aromatic carbocycles. The van der Waals surface area contributed by atoms with E-state index in [-0.39, 0.29) is 24.5 Å². The van der Waals surface area contributed by atoms with Gasteiger partial charge in [-0.3, -0.25) is 9.59 Å². The summed E-state index contributed by atoms with van der Waals surface area (Å²) in [5, 5.41) is 0. The third-order valence-corrected chi connectivity index (χ3v) is 4.40. The lowest BCUT2D eigenvalue weighted by Gasteiger charge is -2.23. The minimum absolute atomic E-state index is 0.0441. The molecule has 1 saturated heterocycles. The zero-order chi connectivity index (χ0) is 18.2. The van der Waals surface area contributed by atoms with Crippen LogP contribution in [0.15, 0.2) is 24.3 Å². The highest BCUT2D eigenvalue weighted by atomic mass is 16.5. The monoisotopic (exact) mass is 348 g/mol. The summed E-state index contributed by atoms with van der Waals surface area (Å²) < 4.78 is 11.2. The maximum absolute atomic E-state index is 12.5. The van der Waals surface area contributed by atoms with E-state index in [2.05, 4.69) is 0 Å². The molecular formula is C19H28N2O4. The molecule has 0 radical (unpaired) electrons. The van der Waals surface area contributed by atoms with Gasteiger partial charge in [-0.15, -0.1) is 0 Å². The van der Waals surface area contributed by atoms with Crippen molar-refractivity contribution in [3.05, 3.63) is 29.8 Å². The third kappa shape index (κ3) is 5.46. The van der Waals surface area contributed by atoms with Gasteiger partial charge < -0.3 is 19.3 Å². The number of nitrogens with zero attached hydrogens (tertiary/aromatic N) is 2. The number of carbonyl (C=O) groups excluding carboxylic acids is 2. The van der Waals surface area contributed by atoms with Gasteiger partial charge in [-0.1, -0.05) is 0 Å². The molecule has 0 N–H and O–H groups in total. The molecule has 1 aliphatic heterocycles. The molecule has 1 aromatic rings. The maximum atomic E-state index is 12.5. The second-order valence-corrected chi connectivity index (χ2v) is 6.20. The van der Waals surface area contributed by atoms with Crippen molar-refractivity contribution in [2.24, 2.45) is 0 Å². The predicted molar refractivity (Wildman–Crippen MR) is 95.8 cm³/mol. The molecule has 0 spiro atoms. The second-order valence-electron chi connectivity index (χ2n) is 6.20. The summed E-state index contributed by atoms with van der Waals surface area (Å²) in [6.45, 7) is 6.57. The van der Waals surface area contributed by atoms with E-state index in [1.165, 1.54) is 4.90 Å². The minimum Gasteiger partial charge on any atom is -0.491 e. The molecule has 25 heavy (non-hydrogen) atoms. The van der Waals surface area contributed by atoms with Gasteiger partial charge in [0, 0.05) is 32.3 Å². The highest BCUT2D eigenvalue weighted by molar-refractivity contribution is 5.96. The first-order valence-electron chi connectivity index (χ1n) is 8.92. The minimum atomic E-state index is -0.175. The first-order valence-corrected chi connectivity index (χ1v) is 8.92. The number of ether oxygens (including phenoxy) is 2. The lowest BCUT2D eigenvalue weighted by atomic mass is 10.2. The van der Waals surface area contributed by atoms with Gasteiger partial charge >= 0.3 is 0 Å². The van der Waals surface area contributed by atoms with Crippen molar-refractivity contribution in [2.75, 3.05) is 39.9 Å². The number of amides is 2. The SMILES string of the molecule is CCN(CC)C(=O)CN(C)C(=O)c1ccc(OCC2CCCO2)cc1. The summed E-state index contributed by atoms with van der Waals surface area (Å²) >= 11 is 0. The second kappa shape index (κ2) is 9.42. The summed E-state index contributed by atoms with van der Waals surface area (Å²) in [4.78, 5) is 27.7. The molecular weight excluding hydrogens is 320 g/mol. The first kappa shape index (κ1) is 19.2. The van der Waals surface area contributed by atoms with Crippen LogP contribution in [-0.4, -0.2) is 67.6 Å². The normalized spacial score (nSPS) is 16.5. The summed E-state index contributed by atoms with van der Waals surface area (Å²) in [6.07, 6.45) is 2.28. The topological polar surface area (TPSA) is 59.1 Å². The largest absolute Gasteiger partial charge is 0.491 e. The Labute approximate surface area is 149 Å². The molecule has 0 bridgehead atoms. The Morgan fingerprint density at radius 2 is 1.88 bits per heavy atom. The van der Waals surface area contributed by atoms with Gasteiger partial charge in [-0.25, -0.2) is 0 Å². The van der Waals surface area contributed by atoms with Crippen molar-refractivity contribution in [1.29, 1.82) is 0 Å².